The van der Waals surface area contributed by atoms with Crippen molar-refractivity contribution >= 4 is 34.2 Å². The molecular formula is C11H11ClN4O3. The van der Waals surface area contributed by atoms with Gasteiger partial charge in [-0.15, -0.1) is 0 Å². The maximum atomic E-state index is 11.0. The number of carbonyl (C=O) groups is 1. The Kier molecular flexibility index (Phi) is 3.98. The van der Waals surface area contributed by atoms with Crippen LogP contribution in [-0.4, -0.2) is 34.7 Å². The van der Waals surface area contributed by atoms with Gasteiger partial charge < -0.3 is 9.84 Å². The minimum atomic E-state index is -0.632. The summed E-state index contributed by atoms with van der Waals surface area (Å²) in [5.74, 6) is 0.264. The summed E-state index contributed by atoms with van der Waals surface area (Å²) in [7, 11) is 1.52. The molecule has 0 aliphatic rings. The molecule has 0 unspecified atom stereocenters. The van der Waals surface area contributed by atoms with E-state index in [-0.39, 0.29) is 5.28 Å². The number of hydrogen-bond acceptors (Lipinski definition) is 6. The van der Waals surface area contributed by atoms with Crippen LogP contribution in [0.1, 0.15) is 0 Å². The first kappa shape index (κ1) is 13.3. The predicted octanol–water partition coefficient (Wildman–Crippen LogP) is 0.727. The van der Waals surface area contributed by atoms with E-state index in [1.807, 2.05) is 0 Å². The lowest BCUT2D eigenvalue weighted by Crippen LogP contribution is -2.32. The van der Waals surface area contributed by atoms with Gasteiger partial charge in [-0.05, 0) is 23.7 Å². The van der Waals surface area contributed by atoms with Crippen LogP contribution in [0, 0.1) is 0 Å². The van der Waals surface area contributed by atoms with Gasteiger partial charge in [-0.25, -0.2) is 4.98 Å². The highest BCUT2D eigenvalue weighted by Gasteiger charge is 2.11. The van der Waals surface area contributed by atoms with Crippen LogP contribution in [-0.2, 0) is 4.79 Å². The largest absolute Gasteiger partial charge is 0.494 e. The fourth-order valence-electron chi connectivity index (χ4n) is 1.53. The average Bonchev–Trinajstić information content (AvgIpc) is 2.43. The molecule has 0 aliphatic carbocycles. The van der Waals surface area contributed by atoms with Crippen LogP contribution in [0.2, 0.25) is 5.28 Å². The van der Waals surface area contributed by atoms with Crippen molar-refractivity contribution in [1.82, 2.24) is 15.4 Å². The Bertz CT molecular complexity index is 620. The lowest BCUT2D eigenvalue weighted by Gasteiger charge is -2.11. The maximum Gasteiger partial charge on any atom is 0.264 e. The number of anilines is 1. The minimum Gasteiger partial charge on any atom is -0.494 e. The Balaban J connectivity index is 2.45. The van der Waals surface area contributed by atoms with E-state index >= 15 is 0 Å². The lowest BCUT2D eigenvalue weighted by molar-refractivity contribution is -0.123. The Hall–Kier alpha value is -2.12. The molecule has 3 N–H and O–H groups in total. The highest BCUT2D eigenvalue weighted by Crippen LogP contribution is 2.28. The second-order valence-corrected chi connectivity index (χ2v) is 3.87. The van der Waals surface area contributed by atoms with Gasteiger partial charge in [-0.3, -0.25) is 15.6 Å². The van der Waals surface area contributed by atoms with Crippen molar-refractivity contribution in [3.05, 3.63) is 23.5 Å². The zero-order valence-electron chi connectivity index (χ0n) is 9.98. The predicted molar refractivity (Wildman–Crippen MR) is 70.0 cm³/mol. The second kappa shape index (κ2) is 5.68. The number of hydrazine groups is 1. The van der Waals surface area contributed by atoms with Crippen LogP contribution in [0.4, 0.5) is 5.82 Å². The number of rotatable bonds is 4. The zero-order valence-corrected chi connectivity index (χ0v) is 10.7. The van der Waals surface area contributed by atoms with Crippen molar-refractivity contribution in [1.29, 1.82) is 0 Å². The molecule has 1 heterocycles. The molecule has 0 radical (unpaired) electrons. The van der Waals surface area contributed by atoms with E-state index in [0.717, 1.165) is 0 Å². The van der Waals surface area contributed by atoms with Crippen molar-refractivity contribution < 1.29 is 14.6 Å². The third kappa shape index (κ3) is 2.83. The quantitative estimate of drug-likeness (QED) is 0.565. The smallest absolute Gasteiger partial charge is 0.264 e. The maximum absolute atomic E-state index is 11.0. The summed E-state index contributed by atoms with van der Waals surface area (Å²) in [4.78, 5) is 19.1. The fraction of sp³-hybridized carbons (Fsp3) is 0.182. The summed E-state index contributed by atoms with van der Waals surface area (Å²) in [5, 5.41) is 9.27. The summed E-state index contributed by atoms with van der Waals surface area (Å²) < 4.78 is 5.18. The van der Waals surface area contributed by atoms with Gasteiger partial charge in [-0.2, -0.15) is 4.98 Å². The molecule has 0 fully saturated rings. The Morgan fingerprint density at radius 2 is 2.26 bits per heavy atom. The highest BCUT2D eigenvalue weighted by molar-refractivity contribution is 6.29. The number of aliphatic hydroxyl groups excluding tert-OH is 1. The first-order chi connectivity index (χ1) is 9.15. The number of hydrogen-bond donors (Lipinski definition) is 3. The molecule has 1 aromatic carbocycles. The number of nitrogens with zero attached hydrogens (tertiary/aromatic N) is 2. The van der Waals surface area contributed by atoms with E-state index < -0.39 is 12.5 Å². The number of aliphatic hydroxyl groups is 1. The van der Waals surface area contributed by atoms with Gasteiger partial charge in [0.25, 0.3) is 5.91 Å². The van der Waals surface area contributed by atoms with Gasteiger partial charge in [0.2, 0.25) is 5.28 Å². The van der Waals surface area contributed by atoms with E-state index in [9.17, 15) is 4.79 Å². The van der Waals surface area contributed by atoms with Crippen molar-refractivity contribution in [2.24, 2.45) is 0 Å². The molecule has 1 aromatic heterocycles. The number of amides is 1. The van der Waals surface area contributed by atoms with E-state index in [2.05, 4.69) is 20.8 Å². The molecule has 0 saturated heterocycles. The first-order valence-corrected chi connectivity index (χ1v) is 5.69. The monoisotopic (exact) mass is 282 g/mol. The van der Waals surface area contributed by atoms with E-state index in [1.54, 1.807) is 18.2 Å². The first-order valence-electron chi connectivity index (χ1n) is 5.31. The molecule has 0 atom stereocenters. The standard InChI is InChI=1S/C11H11ClN4O3/c1-19-7-4-2-3-6-9(7)13-11(12)14-10(6)16-15-8(18)5-17/h2-4,17H,5H2,1H3,(H,15,18)(H,13,14,16). The number of para-hydroxylation sites is 1. The van der Waals surface area contributed by atoms with Crippen molar-refractivity contribution in [2.75, 3.05) is 19.1 Å². The molecule has 7 nitrogen and oxygen atoms in total. The average molecular weight is 283 g/mol. The Labute approximate surface area is 113 Å². The highest BCUT2D eigenvalue weighted by atomic mass is 35.5. The summed E-state index contributed by atoms with van der Waals surface area (Å²) in [6.07, 6.45) is 0. The topological polar surface area (TPSA) is 96.4 Å². The summed E-state index contributed by atoms with van der Waals surface area (Å²) in [6, 6.07) is 5.25. The van der Waals surface area contributed by atoms with Crippen molar-refractivity contribution in [2.45, 2.75) is 0 Å². The Morgan fingerprint density at radius 3 is 2.95 bits per heavy atom. The molecule has 0 saturated carbocycles. The molecule has 0 aliphatic heterocycles. The van der Waals surface area contributed by atoms with Crippen LogP contribution in [0.25, 0.3) is 10.9 Å². The SMILES string of the molecule is COc1cccc2c(NNC(=O)CO)nc(Cl)nc12. The molecule has 100 valence electrons. The van der Waals surface area contributed by atoms with Crippen LogP contribution in [0.5, 0.6) is 5.75 Å². The number of benzene rings is 1. The molecular weight excluding hydrogens is 272 g/mol. The fourth-order valence-corrected chi connectivity index (χ4v) is 1.70. The van der Waals surface area contributed by atoms with Gasteiger partial charge in [-0.1, -0.05) is 6.07 Å². The Morgan fingerprint density at radius 1 is 1.47 bits per heavy atom. The molecule has 2 aromatic rings. The molecule has 8 heteroatoms. The second-order valence-electron chi connectivity index (χ2n) is 3.53. The van der Waals surface area contributed by atoms with Crippen LogP contribution >= 0.6 is 11.6 Å². The summed E-state index contributed by atoms with van der Waals surface area (Å²) in [5.41, 5.74) is 5.38. The molecule has 1 amide bonds. The number of carbonyl (C=O) groups excluding carboxylic acids is 1. The third-order valence-electron chi connectivity index (χ3n) is 2.35. The summed E-state index contributed by atoms with van der Waals surface area (Å²) in [6.45, 7) is -0.632. The molecule has 19 heavy (non-hydrogen) atoms. The van der Waals surface area contributed by atoms with Crippen LogP contribution in [0.15, 0.2) is 18.2 Å². The molecule has 2 rings (SSSR count). The van der Waals surface area contributed by atoms with Crippen molar-refractivity contribution in [3.8, 4) is 5.75 Å². The molecule has 0 bridgehead atoms. The van der Waals surface area contributed by atoms with E-state index in [0.29, 0.717) is 22.5 Å². The lowest BCUT2D eigenvalue weighted by atomic mass is 10.2. The number of halogens is 1. The van der Waals surface area contributed by atoms with Crippen LogP contribution in [0.3, 0.4) is 0 Å². The van der Waals surface area contributed by atoms with Gasteiger partial charge in [0, 0.05) is 5.39 Å². The van der Waals surface area contributed by atoms with Crippen LogP contribution < -0.4 is 15.6 Å². The van der Waals surface area contributed by atoms with Gasteiger partial charge in [0.05, 0.1) is 7.11 Å². The third-order valence-corrected chi connectivity index (χ3v) is 2.52. The minimum absolute atomic E-state index is 0.0118. The number of fused-ring (bicyclic) bond motifs is 1. The number of methoxy groups -OCH3 is 1. The van der Waals surface area contributed by atoms with Gasteiger partial charge in [0.1, 0.15) is 17.9 Å². The zero-order chi connectivity index (χ0) is 13.8. The van der Waals surface area contributed by atoms with E-state index in [1.165, 1.54) is 7.11 Å². The van der Waals surface area contributed by atoms with Crippen molar-refractivity contribution in [3.63, 3.8) is 0 Å². The number of ether oxygens (including phenoxy) is 1. The number of nitrogens with one attached hydrogen (secondary N) is 2. The normalized spacial score (nSPS) is 10.3. The number of aromatic nitrogens is 2. The van der Waals surface area contributed by atoms with Gasteiger partial charge >= 0.3 is 0 Å². The molecule has 0 spiro atoms. The van der Waals surface area contributed by atoms with Gasteiger partial charge in [0.15, 0.2) is 5.82 Å². The van der Waals surface area contributed by atoms with E-state index in [4.69, 9.17) is 21.4 Å². The summed E-state index contributed by atoms with van der Waals surface area (Å²) >= 11 is 5.82.